The summed E-state index contributed by atoms with van der Waals surface area (Å²) < 4.78 is -0.123. The molecule has 2 nitrogen and oxygen atoms in total. The molecule has 0 saturated heterocycles. The first-order chi connectivity index (χ1) is 2.64. The fraction of sp³-hybridized carbons (Fsp3) is 0. The van der Waals surface area contributed by atoms with Crippen LogP contribution in [0, 0.1) is 0 Å². The molecule has 0 aromatic carbocycles. The number of carboxylic acids is 1. The molecule has 0 atom stereocenters. The summed E-state index contributed by atoms with van der Waals surface area (Å²) in [4.78, 5) is 9.44. The van der Waals surface area contributed by atoms with E-state index in [0.717, 1.165) is 0 Å². The fourth-order valence-corrected chi connectivity index (χ4v) is 0. The van der Waals surface area contributed by atoms with Gasteiger partial charge in [-0.2, -0.15) is 0 Å². The summed E-state index contributed by atoms with van der Waals surface area (Å²) >= 11 is 2.58. The minimum atomic E-state index is -1.27. The second kappa shape index (κ2) is 4.84. The molecule has 0 rings (SSSR count). The number of hydrogen-bond donors (Lipinski definition) is 0. The van der Waals surface area contributed by atoms with Crippen LogP contribution in [-0.4, -0.2) is 5.97 Å². The van der Waals surface area contributed by atoms with E-state index in [1.54, 1.807) is 0 Å². The average molecular weight is 173 g/mol. The second-order valence-electron chi connectivity index (χ2n) is 0.692. The Morgan fingerprint density at radius 2 is 1.86 bits per heavy atom. The third-order valence-electron chi connectivity index (χ3n) is 0.221. The van der Waals surface area contributed by atoms with Gasteiger partial charge in [-0.1, -0.05) is 6.58 Å². The van der Waals surface area contributed by atoms with Crippen LogP contribution < -0.4 is 34.7 Å². The smallest absolute Gasteiger partial charge is 0.544 e. The van der Waals surface area contributed by atoms with Crippen LogP contribution in [0.1, 0.15) is 0 Å². The van der Waals surface area contributed by atoms with E-state index in [-0.39, 0.29) is 34.0 Å². The van der Waals surface area contributed by atoms with Gasteiger partial charge in [0.15, 0.2) is 0 Å². The zero-order chi connectivity index (χ0) is 5.15. The molecule has 34 valence electrons. The van der Waals surface area contributed by atoms with Gasteiger partial charge >= 0.3 is 29.6 Å². The molecule has 0 N–H and O–H groups in total. The van der Waals surface area contributed by atoms with Crippen LogP contribution in [0.5, 0.6) is 0 Å². The van der Waals surface area contributed by atoms with E-state index in [1.165, 1.54) is 0 Å². The number of carbonyl (C=O) groups is 1. The van der Waals surface area contributed by atoms with Crippen LogP contribution in [0.15, 0.2) is 11.1 Å². The van der Waals surface area contributed by atoms with Crippen molar-refractivity contribution in [2.24, 2.45) is 0 Å². The van der Waals surface area contributed by atoms with Gasteiger partial charge in [-0.05, 0) is 15.9 Å². The molecule has 4 heteroatoms. The number of carbonyl (C=O) groups excluding carboxylic acids is 1. The van der Waals surface area contributed by atoms with E-state index in [0.29, 0.717) is 0 Å². The molecule has 0 unspecified atom stereocenters. The van der Waals surface area contributed by atoms with E-state index >= 15 is 0 Å². The zero-order valence-corrected chi connectivity index (χ0v) is 7.49. The second-order valence-corrected chi connectivity index (χ2v) is 1.65. The normalized spacial score (nSPS) is 6.43. The minimum Gasteiger partial charge on any atom is -0.544 e. The summed E-state index contributed by atoms with van der Waals surface area (Å²) in [5.41, 5.74) is 0. The fourth-order valence-electron chi connectivity index (χ4n) is 0. The summed E-state index contributed by atoms with van der Waals surface area (Å²) in [5.74, 6) is -1.27. The predicted molar refractivity (Wildman–Crippen MR) is 23.1 cm³/mol. The van der Waals surface area contributed by atoms with Crippen molar-refractivity contribution in [3.8, 4) is 0 Å². The molecular formula is C3H2BrNaO2. The van der Waals surface area contributed by atoms with Crippen LogP contribution in [0.2, 0.25) is 0 Å². The van der Waals surface area contributed by atoms with Gasteiger partial charge in [0.25, 0.3) is 0 Å². The summed E-state index contributed by atoms with van der Waals surface area (Å²) in [7, 11) is 0. The molecule has 0 aromatic heterocycles. The summed E-state index contributed by atoms with van der Waals surface area (Å²) in [6.07, 6.45) is 0. The predicted octanol–water partition coefficient (Wildman–Crippen LogP) is -3.35. The number of hydrogen-bond acceptors (Lipinski definition) is 2. The van der Waals surface area contributed by atoms with Gasteiger partial charge in [-0.25, -0.2) is 0 Å². The first-order valence-corrected chi connectivity index (χ1v) is 1.99. The van der Waals surface area contributed by atoms with Gasteiger partial charge in [0.1, 0.15) is 0 Å². The van der Waals surface area contributed by atoms with Crippen molar-refractivity contribution in [3.63, 3.8) is 0 Å². The maximum atomic E-state index is 9.44. The van der Waals surface area contributed by atoms with Crippen molar-refractivity contribution >= 4 is 21.9 Å². The van der Waals surface area contributed by atoms with Gasteiger partial charge in [-0.15, -0.1) is 0 Å². The molecule has 7 heavy (non-hydrogen) atoms. The van der Waals surface area contributed by atoms with E-state index in [2.05, 4.69) is 22.5 Å². The molecule has 0 amide bonds. The molecule has 0 heterocycles. The maximum Gasteiger partial charge on any atom is 1.00 e. The van der Waals surface area contributed by atoms with Gasteiger partial charge in [-0.3, -0.25) is 0 Å². The molecule has 0 aromatic rings. The molecule has 0 aliphatic rings. The molecule has 0 fully saturated rings. The summed E-state index contributed by atoms with van der Waals surface area (Å²) in [6, 6.07) is 0. The zero-order valence-electron chi connectivity index (χ0n) is 3.90. The Morgan fingerprint density at radius 3 is 1.86 bits per heavy atom. The number of carboxylic acid groups (broad SMARTS) is 1. The van der Waals surface area contributed by atoms with E-state index in [1.807, 2.05) is 0 Å². The molecule has 0 saturated carbocycles. The third-order valence-corrected chi connectivity index (χ3v) is 0.545. The topological polar surface area (TPSA) is 40.1 Å². The summed E-state index contributed by atoms with van der Waals surface area (Å²) in [5, 5.41) is 9.44. The molecular weight excluding hydrogens is 171 g/mol. The Balaban J connectivity index is 0. The minimum absolute atomic E-state index is 0. The number of halogens is 1. The maximum absolute atomic E-state index is 9.44. The third kappa shape index (κ3) is 6.69. The van der Waals surface area contributed by atoms with Crippen LogP contribution in [0.4, 0.5) is 0 Å². The Morgan fingerprint density at radius 1 is 1.71 bits per heavy atom. The van der Waals surface area contributed by atoms with Crippen LogP contribution in [0.25, 0.3) is 0 Å². The van der Waals surface area contributed by atoms with Crippen LogP contribution in [-0.2, 0) is 4.79 Å². The summed E-state index contributed by atoms with van der Waals surface area (Å²) in [6.45, 7) is 3.01. The van der Waals surface area contributed by atoms with Crippen molar-refractivity contribution in [1.82, 2.24) is 0 Å². The Labute approximate surface area is 72.0 Å². The molecule has 0 spiro atoms. The van der Waals surface area contributed by atoms with Crippen LogP contribution in [0.3, 0.4) is 0 Å². The Hall–Kier alpha value is 0.690. The standard InChI is InChI=1S/C3H3BrO2.Na/c1-2(4)3(5)6;/h1H2,(H,5,6);/q;+1/p-1. The quantitative estimate of drug-likeness (QED) is 0.307. The SMILES string of the molecule is C=C(Br)C(=O)[O-].[Na+]. The van der Waals surface area contributed by atoms with Gasteiger partial charge in [0.2, 0.25) is 0 Å². The van der Waals surface area contributed by atoms with E-state index in [4.69, 9.17) is 0 Å². The van der Waals surface area contributed by atoms with Crippen molar-refractivity contribution in [1.29, 1.82) is 0 Å². The molecule has 0 bridgehead atoms. The van der Waals surface area contributed by atoms with E-state index in [9.17, 15) is 9.90 Å². The average Bonchev–Trinajstić information content (AvgIpc) is 1.36. The molecule has 0 radical (unpaired) electrons. The van der Waals surface area contributed by atoms with Crippen LogP contribution >= 0.6 is 15.9 Å². The van der Waals surface area contributed by atoms with Crippen molar-refractivity contribution in [2.45, 2.75) is 0 Å². The van der Waals surface area contributed by atoms with Gasteiger partial charge < -0.3 is 9.90 Å². The Bertz CT molecular complexity index is 78.9. The Kier molecular flexibility index (Phi) is 7.35. The van der Waals surface area contributed by atoms with Gasteiger partial charge in [0.05, 0.1) is 5.97 Å². The van der Waals surface area contributed by atoms with Crippen molar-refractivity contribution in [2.75, 3.05) is 0 Å². The monoisotopic (exact) mass is 172 g/mol. The van der Waals surface area contributed by atoms with Crippen molar-refractivity contribution < 1.29 is 39.5 Å². The number of rotatable bonds is 1. The first kappa shape index (κ1) is 10.6. The van der Waals surface area contributed by atoms with E-state index < -0.39 is 5.97 Å². The largest absolute Gasteiger partial charge is 1.00 e. The molecule has 0 aliphatic heterocycles. The first-order valence-electron chi connectivity index (χ1n) is 1.20. The number of aliphatic carboxylic acids is 1. The molecule has 0 aliphatic carbocycles. The van der Waals surface area contributed by atoms with Gasteiger partial charge in [0, 0.05) is 4.48 Å². The van der Waals surface area contributed by atoms with Crippen molar-refractivity contribution in [3.05, 3.63) is 11.1 Å².